The average Bonchev–Trinajstić information content (AvgIpc) is 2.39. The molecule has 1 N–H and O–H groups in total. The van der Waals surface area contributed by atoms with E-state index in [1.54, 1.807) is 6.92 Å². The molecule has 0 amide bonds. The Bertz CT molecular complexity index is 551. The molecule has 0 aliphatic rings. The molecule has 0 fully saturated rings. The van der Waals surface area contributed by atoms with E-state index in [1.807, 2.05) is 0 Å². The molecule has 19 heavy (non-hydrogen) atoms. The van der Waals surface area contributed by atoms with Crippen molar-refractivity contribution in [2.45, 2.75) is 13.0 Å². The summed E-state index contributed by atoms with van der Waals surface area (Å²) in [6.45, 7) is 1.59. The third-order valence-electron chi connectivity index (χ3n) is 2.25. The van der Waals surface area contributed by atoms with E-state index in [2.05, 4.69) is 9.53 Å². The number of hydrogen-bond donors (Lipinski definition) is 1. The Labute approximate surface area is 108 Å². The smallest absolute Gasteiger partial charge is 0.420 e. The highest BCUT2D eigenvalue weighted by Crippen LogP contribution is 2.20. The van der Waals surface area contributed by atoms with Crippen LogP contribution < -0.4 is 0 Å². The van der Waals surface area contributed by atoms with Crippen LogP contribution in [0.1, 0.15) is 18.6 Å². The van der Waals surface area contributed by atoms with Crippen LogP contribution in [0, 0.1) is 10.1 Å². The molecule has 1 atom stereocenters. The van der Waals surface area contributed by atoms with Crippen molar-refractivity contribution in [2.75, 3.05) is 6.61 Å². The molecule has 8 heteroatoms. The van der Waals surface area contributed by atoms with Gasteiger partial charge in [0, 0.05) is 12.1 Å². The van der Waals surface area contributed by atoms with Crippen molar-refractivity contribution in [2.24, 2.45) is 0 Å². The van der Waals surface area contributed by atoms with Gasteiger partial charge < -0.3 is 15.4 Å². The van der Waals surface area contributed by atoms with Gasteiger partial charge in [-0.15, -0.1) is 0 Å². The molecule has 0 aliphatic heterocycles. The molecule has 1 aromatic carbocycles. The normalized spacial score (nSPS) is 11.3. The lowest BCUT2D eigenvalue weighted by Crippen LogP contribution is -2.25. The zero-order chi connectivity index (χ0) is 14.4. The highest BCUT2D eigenvalue weighted by atomic mass is 16.6. The van der Waals surface area contributed by atoms with Crippen LogP contribution in [0.15, 0.2) is 24.3 Å². The van der Waals surface area contributed by atoms with Crippen molar-refractivity contribution in [3.8, 4) is 0 Å². The first-order valence-corrected chi connectivity index (χ1v) is 5.32. The first-order valence-electron chi connectivity index (χ1n) is 5.32. The van der Waals surface area contributed by atoms with Crippen molar-refractivity contribution in [1.82, 2.24) is 0 Å². The lowest BCUT2D eigenvalue weighted by Gasteiger charge is -2.05. The molecule has 0 aromatic heterocycles. The lowest BCUT2D eigenvalue weighted by atomic mass is 10.0. The van der Waals surface area contributed by atoms with Gasteiger partial charge in [0.05, 0.1) is 11.5 Å². The molecule has 0 saturated carbocycles. The van der Waals surface area contributed by atoms with Gasteiger partial charge >= 0.3 is 11.7 Å². The van der Waals surface area contributed by atoms with Gasteiger partial charge in [-0.2, -0.15) is 4.79 Å². The van der Waals surface area contributed by atoms with Crippen molar-refractivity contribution in [3.63, 3.8) is 0 Å². The van der Waals surface area contributed by atoms with Crippen LogP contribution in [0.2, 0.25) is 0 Å². The Morgan fingerprint density at radius 1 is 1.63 bits per heavy atom. The summed E-state index contributed by atoms with van der Waals surface area (Å²) >= 11 is 0. The van der Waals surface area contributed by atoms with Crippen molar-refractivity contribution >= 4 is 17.4 Å². The largest absolute Gasteiger partial charge is 0.457 e. The average molecular weight is 265 g/mol. The van der Waals surface area contributed by atoms with Crippen molar-refractivity contribution in [1.29, 1.82) is 0 Å². The van der Waals surface area contributed by atoms with E-state index in [0.29, 0.717) is 0 Å². The molecule has 8 nitrogen and oxygen atoms in total. The van der Waals surface area contributed by atoms with Gasteiger partial charge in [0.1, 0.15) is 0 Å². The minimum absolute atomic E-state index is 0.0412. The maximum atomic E-state index is 11.4. The second-order valence-corrected chi connectivity index (χ2v) is 3.46. The summed E-state index contributed by atoms with van der Waals surface area (Å²) in [6, 6.07) is 5.02. The highest BCUT2D eigenvalue weighted by Gasteiger charge is 2.33. The van der Waals surface area contributed by atoms with Crippen molar-refractivity contribution in [3.05, 3.63) is 45.5 Å². The number of carbonyl (C=O) groups is 1. The molecule has 0 saturated heterocycles. The van der Waals surface area contributed by atoms with E-state index in [-0.39, 0.29) is 17.9 Å². The zero-order valence-electron chi connectivity index (χ0n) is 10.0. The van der Waals surface area contributed by atoms with E-state index in [1.165, 1.54) is 18.2 Å². The summed E-state index contributed by atoms with van der Waals surface area (Å²) < 4.78 is 4.59. The fraction of sp³-hybridized carbons (Fsp3) is 0.273. The molecular formula is C11H11N3O5. The molecule has 1 rings (SSSR count). The second-order valence-electron chi connectivity index (χ2n) is 3.46. The maximum Gasteiger partial charge on any atom is 0.420 e. The summed E-state index contributed by atoms with van der Waals surface area (Å²) in [5.74, 6) is -0.996. The molecule has 0 radical (unpaired) electrons. The number of benzene rings is 1. The SMILES string of the molecule is CCOC(=O)C(=[N+]=[N-])C(O)c1cccc([N+](=O)[O-])c1. The summed E-state index contributed by atoms with van der Waals surface area (Å²) in [7, 11) is 0. The van der Waals surface area contributed by atoms with E-state index in [9.17, 15) is 20.0 Å². The monoisotopic (exact) mass is 265 g/mol. The predicted molar refractivity (Wildman–Crippen MR) is 63.3 cm³/mol. The van der Waals surface area contributed by atoms with Crippen LogP contribution in [0.4, 0.5) is 5.69 Å². The Morgan fingerprint density at radius 3 is 2.84 bits per heavy atom. The van der Waals surface area contributed by atoms with E-state index in [4.69, 9.17) is 5.53 Å². The summed E-state index contributed by atoms with van der Waals surface area (Å²) in [4.78, 5) is 24.0. The van der Waals surface area contributed by atoms with Gasteiger partial charge in [0.25, 0.3) is 5.69 Å². The van der Waals surface area contributed by atoms with Crippen LogP contribution in [0.5, 0.6) is 0 Å². The number of nitro benzene ring substituents is 1. The fourth-order valence-electron chi connectivity index (χ4n) is 1.38. The van der Waals surface area contributed by atoms with Crippen LogP contribution in [0.3, 0.4) is 0 Å². The molecular weight excluding hydrogens is 254 g/mol. The minimum atomic E-state index is -1.61. The number of esters is 1. The number of ether oxygens (including phenoxy) is 1. The number of nitro groups is 1. The topological polar surface area (TPSA) is 126 Å². The quantitative estimate of drug-likeness (QED) is 0.211. The molecule has 0 bridgehead atoms. The fourth-order valence-corrected chi connectivity index (χ4v) is 1.38. The third-order valence-corrected chi connectivity index (χ3v) is 2.25. The van der Waals surface area contributed by atoms with E-state index >= 15 is 0 Å². The Balaban J connectivity index is 3.08. The number of hydrogen-bond acceptors (Lipinski definition) is 5. The summed E-state index contributed by atoms with van der Waals surface area (Å²) in [6.07, 6.45) is -1.61. The highest BCUT2D eigenvalue weighted by molar-refractivity contribution is 6.35. The maximum absolute atomic E-state index is 11.4. The number of non-ortho nitro benzene ring substituents is 1. The van der Waals surface area contributed by atoms with Gasteiger partial charge in [-0.1, -0.05) is 12.1 Å². The molecule has 1 aromatic rings. The Morgan fingerprint density at radius 2 is 2.32 bits per heavy atom. The number of carbonyl (C=O) groups excluding carboxylic acids is 1. The molecule has 0 aliphatic carbocycles. The van der Waals surface area contributed by atoms with Crippen LogP contribution in [-0.2, 0) is 9.53 Å². The molecule has 0 heterocycles. The van der Waals surface area contributed by atoms with Gasteiger partial charge in [0.2, 0.25) is 0 Å². The third kappa shape index (κ3) is 3.44. The summed E-state index contributed by atoms with van der Waals surface area (Å²) in [5.41, 5.74) is 7.89. The van der Waals surface area contributed by atoms with Crippen LogP contribution in [0.25, 0.3) is 5.53 Å². The molecule has 0 spiro atoms. The number of nitrogens with zero attached hydrogens (tertiary/aromatic N) is 3. The zero-order valence-corrected chi connectivity index (χ0v) is 10.0. The Hall–Kier alpha value is -2.57. The summed E-state index contributed by atoms with van der Waals surface area (Å²) in [5, 5.41) is 20.5. The van der Waals surface area contributed by atoms with Crippen LogP contribution in [-0.4, -0.2) is 33.1 Å². The number of rotatable bonds is 5. The predicted octanol–water partition coefficient (Wildman–Crippen LogP) is 0.862. The van der Waals surface area contributed by atoms with E-state index < -0.39 is 22.7 Å². The Kier molecular flexibility index (Phi) is 4.87. The minimum Gasteiger partial charge on any atom is -0.457 e. The van der Waals surface area contributed by atoms with Crippen LogP contribution >= 0.6 is 0 Å². The lowest BCUT2D eigenvalue weighted by molar-refractivity contribution is -0.385. The number of aliphatic hydroxyl groups is 1. The first kappa shape index (κ1) is 14.5. The van der Waals surface area contributed by atoms with Gasteiger partial charge in [-0.25, -0.2) is 4.79 Å². The van der Waals surface area contributed by atoms with E-state index in [0.717, 1.165) is 6.07 Å². The van der Waals surface area contributed by atoms with Gasteiger partial charge in [-0.3, -0.25) is 10.1 Å². The number of aliphatic hydroxyl groups excluding tert-OH is 1. The van der Waals surface area contributed by atoms with Gasteiger partial charge in [-0.05, 0) is 12.5 Å². The standard InChI is InChI=1S/C11H11N3O5/c1-2-19-11(16)9(13-12)10(15)7-4-3-5-8(6-7)14(17)18/h3-6,10,15H,2H2,1H3. The van der Waals surface area contributed by atoms with Crippen molar-refractivity contribution < 1.29 is 24.4 Å². The van der Waals surface area contributed by atoms with Gasteiger partial charge in [0.15, 0.2) is 6.10 Å². The molecule has 1 unspecified atom stereocenters. The first-order chi connectivity index (χ1) is 9.01. The molecule has 100 valence electrons. The second kappa shape index (κ2) is 6.39.